The van der Waals surface area contributed by atoms with Gasteiger partial charge < -0.3 is 4.74 Å². The lowest BCUT2D eigenvalue weighted by Gasteiger charge is -2.28. The summed E-state index contributed by atoms with van der Waals surface area (Å²) < 4.78 is 6.25. The average molecular weight is 366 g/mol. The van der Waals surface area contributed by atoms with Gasteiger partial charge in [-0.2, -0.15) is 0 Å². The second kappa shape index (κ2) is 8.12. The Morgan fingerprint density at radius 1 is 1.33 bits per heavy atom. The molecular weight excluding hydrogens is 343 g/mol. The quantitative estimate of drug-likeness (QED) is 0.180. The molecule has 0 aromatic carbocycles. The van der Waals surface area contributed by atoms with E-state index >= 15 is 0 Å². The normalized spacial score (nSPS) is 24.7. The van der Waals surface area contributed by atoms with E-state index in [0.29, 0.717) is 25.9 Å². The van der Waals surface area contributed by atoms with E-state index in [4.69, 9.17) is 4.74 Å². The third-order valence-corrected chi connectivity index (χ3v) is 4.46. The molecule has 1 aliphatic carbocycles. The monoisotopic (exact) mass is 366 g/mol. The van der Waals surface area contributed by atoms with Crippen LogP contribution in [0.5, 0.6) is 0 Å². The van der Waals surface area contributed by atoms with Crippen LogP contribution < -0.4 is 0 Å². The summed E-state index contributed by atoms with van der Waals surface area (Å²) in [6.07, 6.45) is 6.85. The largest absolute Gasteiger partial charge is 0.465 e. The molecule has 0 spiro atoms. The predicted molar refractivity (Wildman–Crippen MR) is 79.9 cm³/mol. The lowest BCUT2D eigenvalue weighted by atomic mass is 9.75. The molecule has 0 bridgehead atoms. The Bertz CT molecular complexity index is 291. The zero-order chi connectivity index (χ0) is 13.4. The molecular formula is C14H23IO3. The van der Waals surface area contributed by atoms with Gasteiger partial charge in [0.05, 0.1) is 6.61 Å². The number of carbonyl (C=O) groups is 2. The van der Waals surface area contributed by atoms with Crippen LogP contribution in [0.4, 0.5) is 0 Å². The van der Waals surface area contributed by atoms with Crippen molar-refractivity contribution in [2.75, 3.05) is 11.0 Å². The van der Waals surface area contributed by atoms with Crippen molar-refractivity contribution in [1.29, 1.82) is 0 Å². The van der Waals surface area contributed by atoms with Crippen LogP contribution in [-0.4, -0.2) is 22.8 Å². The molecule has 1 atom stereocenters. The first-order valence-corrected chi connectivity index (χ1v) is 8.46. The number of hydrogen-bond acceptors (Lipinski definition) is 3. The van der Waals surface area contributed by atoms with Crippen LogP contribution in [-0.2, 0) is 14.3 Å². The fraction of sp³-hybridized carbons (Fsp3) is 0.857. The van der Waals surface area contributed by atoms with Gasteiger partial charge in [-0.3, -0.25) is 9.59 Å². The number of alkyl halides is 1. The van der Waals surface area contributed by atoms with Gasteiger partial charge in [-0.25, -0.2) is 0 Å². The zero-order valence-electron chi connectivity index (χ0n) is 11.2. The number of carbonyl (C=O) groups excluding carboxylic acids is 2. The van der Waals surface area contributed by atoms with E-state index in [1.807, 2.05) is 0 Å². The van der Waals surface area contributed by atoms with Gasteiger partial charge in [0.15, 0.2) is 0 Å². The van der Waals surface area contributed by atoms with Gasteiger partial charge in [-0.05, 0) is 37.0 Å². The highest BCUT2D eigenvalue weighted by molar-refractivity contribution is 14.1. The summed E-state index contributed by atoms with van der Waals surface area (Å²) in [5.74, 6) is -0.155. The summed E-state index contributed by atoms with van der Waals surface area (Å²) in [4.78, 5) is 24.6. The SMILES string of the molecule is CCOC(=O)C1(CCCCI)CCCCCC1=O. The van der Waals surface area contributed by atoms with Gasteiger partial charge in [0.2, 0.25) is 0 Å². The van der Waals surface area contributed by atoms with Gasteiger partial charge in [0.25, 0.3) is 0 Å². The van der Waals surface area contributed by atoms with Gasteiger partial charge >= 0.3 is 5.97 Å². The Balaban J connectivity index is 2.82. The molecule has 0 saturated heterocycles. The highest BCUT2D eigenvalue weighted by atomic mass is 127. The molecule has 4 heteroatoms. The molecule has 0 aromatic heterocycles. The van der Waals surface area contributed by atoms with Crippen molar-refractivity contribution in [2.24, 2.45) is 5.41 Å². The van der Waals surface area contributed by atoms with E-state index in [9.17, 15) is 9.59 Å². The summed E-state index contributed by atoms with van der Waals surface area (Å²) in [5.41, 5.74) is -0.821. The maximum atomic E-state index is 12.3. The fourth-order valence-corrected chi connectivity index (χ4v) is 3.18. The number of Topliss-reactive ketones (excluding diaryl/α,β-unsaturated/α-hetero) is 1. The van der Waals surface area contributed by atoms with E-state index in [1.165, 1.54) is 0 Å². The highest BCUT2D eigenvalue weighted by Gasteiger charge is 2.46. The maximum Gasteiger partial charge on any atom is 0.319 e. The number of unbranched alkanes of at least 4 members (excludes halogenated alkanes) is 1. The van der Waals surface area contributed by atoms with E-state index < -0.39 is 5.41 Å². The summed E-state index contributed by atoms with van der Waals surface area (Å²) in [6.45, 7) is 2.16. The average Bonchev–Trinajstić information content (AvgIpc) is 2.54. The molecule has 3 nitrogen and oxygen atoms in total. The highest BCUT2D eigenvalue weighted by Crippen LogP contribution is 2.38. The van der Waals surface area contributed by atoms with Crippen molar-refractivity contribution in [1.82, 2.24) is 0 Å². The van der Waals surface area contributed by atoms with Crippen LogP contribution >= 0.6 is 22.6 Å². The Labute approximate surface area is 123 Å². The summed E-state index contributed by atoms with van der Waals surface area (Å²) in [6, 6.07) is 0. The number of rotatable bonds is 6. The topological polar surface area (TPSA) is 43.4 Å². The van der Waals surface area contributed by atoms with E-state index in [0.717, 1.165) is 36.5 Å². The summed E-state index contributed by atoms with van der Waals surface area (Å²) in [7, 11) is 0. The first-order chi connectivity index (χ1) is 8.67. The lowest BCUT2D eigenvalue weighted by Crippen LogP contribution is -2.40. The van der Waals surface area contributed by atoms with Gasteiger partial charge in [0.1, 0.15) is 11.2 Å². The first-order valence-electron chi connectivity index (χ1n) is 6.94. The summed E-state index contributed by atoms with van der Waals surface area (Å²) in [5, 5.41) is 0. The molecule has 0 aromatic rings. The maximum absolute atomic E-state index is 12.3. The minimum absolute atomic E-state index is 0.118. The number of ether oxygens (including phenoxy) is 1. The minimum atomic E-state index is -0.821. The van der Waals surface area contributed by atoms with Crippen molar-refractivity contribution in [3.8, 4) is 0 Å². The molecule has 0 radical (unpaired) electrons. The van der Waals surface area contributed by atoms with Crippen LogP contribution in [0.15, 0.2) is 0 Å². The van der Waals surface area contributed by atoms with E-state index in [-0.39, 0.29) is 11.8 Å². The van der Waals surface area contributed by atoms with Crippen molar-refractivity contribution in [3.05, 3.63) is 0 Å². The lowest BCUT2D eigenvalue weighted by molar-refractivity contribution is -0.161. The molecule has 1 saturated carbocycles. The van der Waals surface area contributed by atoms with Gasteiger partial charge in [0, 0.05) is 6.42 Å². The zero-order valence-corrected chi connectivity index (χ0v) is 13.3. The molecule has 18 heavy (non-hydrogen) atoms. The molecule has 0 aliphatic heterocycles. The molecule has 0 N–H and O–H groups in total. The van der Waals surface area contributed by atoms with Crippen molar-refractivity contribution in [2.45, 2.75) is 58.3 Å². The molecule has 1 fully saturated rings. The van der Waals surface area contributed by atoms with Gasteiger partial charge in [-0.1, -0.05) is 41.9 Å². The fourth-order valence-electron chi connectivity index (χ4n) is 2.64. The van der Waals surface area contributed by atoms with Crippen molar-refractivity contribution >= 4 is 34.3 Å². The number of esters is 1. The second-order valence-corrected chi connectivity index (χ2v) is 6.01. The second-order valence-electron chi connectivity index (χ2n) is 4.93. The smallest absolute Gasteiger partial charge is 0.319 e. The Morgan fingerprint density at radius 2 is 2.11 bits per heavy atom. The number of hydrogen-bond donors (Lipinski definition) is 0. The van der Waals surface area contributed by atoms with Crippen LogP contribution in [0.25, 0.3) is 0 Å². The van der Waals surface area contributed by atoms with E-state index in [2.05, 4.69) is 22.6 Å². The van der Waals surface area contributed by atoms with Crippen LogP contribution in [0.1, 0.15) is 58.3 Å². The van der Waals surface area contributed by atoms with Crippen molar-refractivity contribution < 1.29 is 14.3 Å². The Morgan fingerprint density at radius 3 is 2.78 bits per heavy atom. The molecule has 0 heterocycles. The molecule has 0 amide bonds. The first kappa shape index (κ1) is 15.9. The summed E-state index contributed by atoms with van der Waals surface area (Å²) >= 11 is 2.33. The Kier molecular flexibility index (Phi) is 7.19. The predicted octanol–water partition coefficient (Wildman–Crippen LogP) is 3.67. The minimum Gasteiger partial charge on any atom is -0.465 e. The van der Waals surface area contributed by atoms with E-state index in [1.54, 1.807) is 6.92 Å². The van der Waals surface area contributed by atoms with Crippen LogP contribution in [0.3, 0.4) is 0 Å². The number of halogens is 1. The molecule has 104 valence electrons. The number of ketones is 1. The molecule has 1 aliphatic rings. The Hall–Kier alpha value is -0.130. The van der Waals surface area contributed by atoms with Gasteiger partial charge in [-0.15, -0.1) is 0 Å². The van der Waals surface area contributed by atoms with Crippen LogP contribution in [0.2, 0.25) is 0 Å². The van der Waals surface area contributed by atoms with Crippen LogP contribution in [0, 0.1) is 5.41 Å². The molecule has 1 unspecified atom stereocenters. The third kappa shape index (κ3) is 3.93. The third-order valence-electron chi connectivity index (χ3n) is 3.69. The van der Waals surface area contributed by atoms with Crippen molar-refractivity contribution in [3.63, 3.8) is 0 Å². The molecule has 1 rings (SSSR count). The standard InChI is InChI=1S/C14H23IO3/c1-2-18-13(17)14(10-6-7-11-15)9-5-3-4-8-12(14)16/h2-11H2,1H3.